The summed E-state index contributed by atoms with van der Waals surface area (Å²) in [6, 6.07) is 0.629. The first-order valence-electron chi connectivity index (χ1n) is 5.71. The number of rotatable bonds is 2. The van der Waals surface area contributed by atoms with Crippen molar-refractivity contribution in [1.82, 2.24) is 4.90 Å². The largest absolute Gasteiger partial charge is 0.481 e. The lowest BCUT2D eigenvalue weighted by Crippen LogP contribution is -2.44. The van der Waals surface area contributed by atoms with E-state index in [0.29, 0.717) is 18.4 Å². The van der Waals surface area contributed by atoms with Crippen LogP contribution < -0.4 is 0 Å². The number of carboxylic acid groups (broad SMARTS) is 1. The van der Waals surface area contributed by atoms with Gasteiger partial charge in [0, 0.05) is 19.0 Å². The minimum atomic E-state index is -0.610. The van der Waals surface area contributed by atoms with Gasteiger partial charge in [0.2, 0.25) is 0 Å². The van der Waals surface area contributed by atoms with Crippen LogP contribution in [-0.4, -0.2) is 35.1 Å². The SMILES string of the molecule is O=C(O)CC1CCCN2CC3CC3C12. The van der Waals surface area contributed by atoms with Crippen LogP contribution in [0.3, 0.4) is 0 Å². The summed E-state index contributed by atoms with van der Waals surface area (Å²) in [6.07, 6.45) is 4.10. The number of nitrogens with zero attached hydrogens (tertiary/aromatic N) is 1. The van der Waals surface area contributed by atoms with E-state index in [-0.39, 0.29) is 0 Å². The molecule has 1 aliphatic carbocycles. The van der Waals surface area contributed by atoms with Crippen LogP contribution >= 0.6 is 0 Å². The number of aliphatic carboxylic acids is 1. The van der Waals surface area contributed by atoms with Crippen LogP contribution in [0.25, 0.3) is 0 Å². The normalized spacial score (nSPS) is 45.7. The molecule has 0 aromatic rings. The molecule has 0 aromatic heterocycles. The smallest absolute Gasteiger partial charge is 0.303 e. The first-order valence-corrected chi connectivity index (χ1v) is 5.71. The molecular weight excluding hydrogens is 178 g/mol. The third-order valence-corrected chi connectivity index (χ3v) is 4.25. The van der Waals surface area contributed by atoms with Crippen LogP contribution in [0.5, 0.6) is 0 Å². The highest BCUT2D eigenvalue weighted by Gasteiger charge is 2.55. The van der Waals surface area contributed by atoms with Gasteiger partial charge in [-0.2, -0.15) is 0 Å². The summed E-state index contributed by atoms with van der Waals surface area (Å²) in [7, 11) is 0. The second-order valence-corrected chi connectivity index (χ2v) is 5.15. The topological polar surface area (TPSA) is 40.5 Å². The van der Waals surface area contributed by atoms with Gasteiger partial charge < -0.3 is 5.11 Å². The molecule has 2 aliphatic heterocycles. The fraction of sp³-hybridized carbons (Fsp3) is 0.909. The van der Waals surface area contributed by atoms with Gasteiger partial charge in [-0.3, -0.25) is 9.69 Å². The molecule has 3 rings (SSSR count). The minimum absolute atomic E-state index is 0.393. The molecule has 0 bridgehead atoms. The summed E-state index contributed by atoms with van der Waals surface area (Å²) in [4.78, 5) is 13.3. The summed E-state index contributed by atoms with van der Waals surface area (Å²) in [5, 5.41) is 8.87. The molecule has 4 atom stereocenters. The number of fused-ring (bicyclic) bond motifs is 3. The molecule has 14 heavy (non-hydrogen) atoms. The lowest BCUT2D eigenvalue weighted by Gasteiger charge is -2.38. The molecule has 0 aromatic carbocycles. The first-order chi connectivity index (χ1) is 6.75. The summed E-state index contributed by atoms with van der Waals surface area (Å²) in [6.45, 7) is 2.47. The zero-order valence-electron chi connectivity index (χ0n) is 8.35. The predicted octanol–water partition coefficient (Wildman–Crippen LogP) is 1.19. The van der Waals surface area contributed by atoms with Gasteiger partial charge in [0.15, 0.2) is 0 Å². The molecule has 0 amide bonds. The summed E-state index contributed by atoms with van der Waals surface area (Å²) in [5.74, 6) is 1.62. The van der Waals surface area contributed by atoms with Crippen molar-refractivity contribution in [1.29, 1.82) is 0 Å². The highest BCUT2D eigenvalue weighted by molar-refractivity contribution is 5.67. The Bertz CT molecular complexity index is 266. The molecule has 0 spiro atoms. The van der Waals surface area contributed by atoms with Gasteiger partial charge in [-0.1, -0.05) is 0 Å². The maximum Gasteiger partial charge on any atom is 0.303 e. The molecule has 2 saturated heterocycles. The van der Waals surface area contributed by atoms with Gasteiger partial charge in [-0.25, -0.2) is 0 Å². The number of carbonyl (C=O) groups is 1. The molecule has 0 radical (unpaired) electrons. The van der Waals surface area contributed by atoms with E-state index < -0.39 is 5.97 Å². The van der Waals surface area contributed by atoms with E-state index in [9.17, 15) is 4.79 Å². The van der Waals surface area contributed by atoms with E-state index in [4.69, 9.17) is 5.11 Å². The fourth-order valence-corrected chi connectivity index (χ4v) is 3.66. The standard InChI is InChI=1S/C11H17NO2/c13-10(14)5-7-2-1-3-12-6-8-4-9(8)11(7)12/h7-9,11H,1-6H2,(H,13,14). The van der Waals surface area contributed by atoms with Crippen molar-refractivity contribution < 1.29 is 9.90 Å². The van der Waals surface area contributed by atoms with E-state index in [1.165, 1.54) is 25.9 Å². The average Bonchev–Trinajstić information content (AvgIpc) is 2.77. The Morgan fingerprint density at radius 3 is 3.14 bits per heavy atom. The van der Waals surface area contributed by atoms with Crippen LogP contribution in [-0.2, 0) is 4.79 Å². The van der Waals surface area contributed by atoms with Crippen molar-refractivity contribution in [3.63, 3.8) is 0 Å². The maximum absolute atomic E-state index is 10.8. The van der Waals surface area contributed by atoms with Crippen LogP contribution in [0.1, 0.15) is 25.7 Å². The number of piperidine rings is 2. The number of hydrogen-bond donors (Lipinski definition) is 1. The van der Waals surface area contributed by atoms with Crippen LogP contribution in [0.2, 0.25) is 0 Å². The quantitative estimate of drug-likeness (QED) is 0.719. The van der Waals surface area contributed by atoms with Crippen molar-refractivity contribution in [2.45, 2.75) is 31.7 Å². The molecule has 1 saturated carbocycles. The van der Waals surface area contributed by atoms with Crippen molar-refractivity contribution >= 4 is 5.97 Å². The molecule has 3 heteroatoms. The molecule has 78 valence electrons. The average molecular weight is 195 g/mol. The zero-order chi connectivity index (χ0) is 9.71. The Kier molecular flexibility index (Phi) is 1.84. The fourth-order valence-electron chi connectivity index (χ4n) is 3.66. The lowest BCUT2D eigenvalue weighted by molar-refractivity contribution is -0.139. The van der Waals surface area contributed by atoms with Crippen molar-refractivity contribution in [2.24, 2.45) is 17.8 Å². The van der Waals surface area contributed by atoms with Gasteiger partial charge >= 0.3 is 5.97 Å². The van der Waals surface area contributed by atoms with Crippen LogP contribution in [0.4, 0.5) is 0 Å². The Morgan fingerprint density at radius 1 is 1.50 bits per heavy atom. The Balaban J connectivity index is 1.73. The highest BCUT2D eigenvalue weighted by atomic mass is 16.4. The van der Waals surface area contributed by atoms with Crippen molar-refractivity contribution in [3.8, 4) is 0 Å². The Morgan fingerprint density at radius 2 is 2.36 bits per heavy atom. The van der Waals surface area contributed by atoms with Crippen molar-refractivity contribution in [3.05, 3.63) is 0 Å². The van der Waals surface area contributed by atoms with Gasteiger partial charge in [0.1, 0.15) is 0 Å². The summed E-state index contributed by atoms with van der Waals surface area (Å²) < 4.78 is 0. The van der Waals surface area contributed by atoms with Crippen molar-refractivity contribution in [2.75, 3.05) is 13.1 Å². The van der Waals surface area contributed by atoms with Gasteiger partial charge in [0.25, 0.3) is 0 Å². The van der Waals surface area contributed by atoms with Gasteiger partial charge in [0.05, 0.1) is 0 Å². The zero-order valence-corrected chi connectivity index (χ0v) is 8.35. The monoisotopic (exact) mass is 195 g/mol. The van der Waals surface area contributed by atoms with Crippen LogP contribution in [0.15, 0.2) is 0 Å². The Hall–Kier alpha value is -0.570. The molecule has 1 N–H and O–H groups in total. The van der Waals surface area contributed by atoms with E-state index in [1.54, 1.807) is 0 Å². The number of carboxylic acids is 1. The van der Waals surface area contributed by atoms with E-state index in [0.717, 1.165) is 18.3 Å². The van der Waals surface area contributed by atoms with Gasteiger partial charge in [-0.05, 0) is 43.6 Å². The van der Waals surface area contributed by atoms with E-state index >= 15 is 0 Å². The van der Waals surface area contributed by atoms with Gasteiger partial charge in [-0.15, -0.1) is 0 Å². The molecule has 3 nitrogen and oxygen atoms in total. The molecule has 4 unspecified atom stereocenters. The molecular formula is C11H17NO2. The molecule has 2 heterocycles. The maximum atomic E-state index is 10.8. The second-order valence-electron chi connectivity index (χ2n) is 5.15. The summed E-state index contributed by atoms with van der Waals surface area (Å²) >= 11 is 0. The summed E-state index contributed by atoms with van der Waals surface area (Å²) in [5.41, 5.74) is 0. The van der Waals surface area contributed by atoms with Crippen LogP contribution in [0, 0.1) is 17.8 Å². The molecule has 3 fully saturated rings. The Labute approximate surface area is 84.1 Å². The predicted molar refractivity (Wildman–Crippen MR) is 51.9 cm³/mol. The second kappa shape index (κ2) is 2.96. The minimum Gasteiger partial charge on any atom is -0.481 e. The molecule has 3 aliphatic rings. The first kappa shape index (κ1) is 8.72. The lowest BCUT2D eigenvalue weighted by atomic mass is 9.85. The third-order valence-electron chi connectivity index (χ3n) is 4.25. The van der Waals surface area contributed by atoms with E-state index in [2.05, 4.69) is 4.90 Å². The highest BCUT2D eigenvalue weighted by Crippen LogP contribution is 2.54. The van der Waals surface area contributed by atoms with E-state index in [1.807, 2.05) is 0 Å². The third kappa shape index (κ3) is 1.26. The number of hydrogen-bond acceptors (Lipinski definition) is 2.